The molecule has 1 unspecified atom stereocenters. The van der Waals surface area contributed by atoms with E-state index >= 15 is 0 Å². The first-order valence-electron chi connectivity index (χ1n) is 11.2. The van der Waals surface area contributed by atoms with Gasteiger partial charge in [0.2, 0.25) is 0 Å². The van der Waals surface area contributed by atoms with E-state index < -0.39 is 11.7 Å². The molecule has 0 saturated carbocycles. The van der Waals surface area contributed by atoms with E-state index in [0.717, 1.165) is 22.7 Å². The van der Waals surface area contributed by atoms with E-state index in [0.29, 0.717) is 30.2 Å². The SMILES string of the molecule is C=CCOc1cccc(C(Cc2ccc(C(=N)N)cc2)c2nn(-c3ncccn3)c(=O)[nH]2)c1.CC(=O)O. The van der Waals surface area contributed by atoms with E-state index in [1.807, 2.05) is 36.4 Å². The van der Waals surface area contributed by atoms with Crippen LogP contribution in [0.3, 0.4) is 0 Å². The second-order valence-electron chi connectivity index (χ2n) is 7.83. The van der Waals surface area contributed by atoms with Gasteiger partial charge in [-0.05, 0) is 35.7 Å². The van der Waals surface area contributed by atoms with Gasteiger partial charge in [0.25, 0.3) is 11.9 Å². The first-order valence-corrected chi connectivity index (χ1v) is 11.2. The van der Waals surface area contributed by atoms with E-state index in [9.17, 15) is 4.79 Å². The lowest BCUT2D eigenvalue weighted by Gasteiger charge is -2.16. The molecule has 0 aliphatic carbocycles. The van der Waals surface area contributed by atoms with E-state index in [2.05, 4.69) is 26.6 Å². The molecule has 11 heteroatoms. The van der Waals surface area contributed by atoms with Crippen molar-refractivity contribution in [3.8, 4) is 11.7 Å². The molecule has 5 N–H and O–H groups in total. The molecule has 0 aliphatic heterocycles. The van der Waals surface area contributed by atoms with Gasteiger partial charge in [0.15, 0.2) is 0 Å². The number of carboxylic acids is 1. The van der Waals surface area contributed by atoms with Crippen LogP contribution in [0.25, 0.3) is 5.95 Å². The molecule has 37 heavy (non-hydrogen) atoms. The molecule has 4 aromatic rings. The third-order valence-electron chi connectivity index (χ3n) is 5.04. The number of rotatable bonds is 9. The third-order valence-corrected chi connectivity index (χ3v) is 5.04. The monoisotopic (exact) mass is 501 g/mol. The fraction of sp³-hybridized carbons (Fsp3) is 0.154. The molecule has 190 valence electrons. The summed E-state index contributed by atoms with van der Waals surface area (Å²) >= 11 is 0. The molecule has 4 rings (SSSR count). The molecule has 0 amide bonds. The number of benzene rings is 2. The van der Waals surface area contributed by atoms with E-state index in [-0.39, 0.29) is 17.7 Å². The summed E-state index contributed by atoms with van der Waals surface area (Å²) < 4.78 is 6.85. The number of nitrogens with zero attached hydrogens (tertiary/aromatic N) is 4. The fourth-order valence-electron chi connectivity index (χ4n) is 3.44. The van der Waals surface area contributed by atoms with Crippen molar-refractivity contribution in [1.82, 2.24) is 24.7 Å². The van der Waals surface area contributed by atoms with Gasteiger partial charge < -0.3 is 15.6 Å². The highest BCUT2D eigenvalue weighted by molar-refractivity contribution is 5.94. The van der Waals surface area contributed by atoms with Crippen LogP contribution in [0, 0.1) is 5.41 Å². The number of nitrogens with two attached hydrogens (primary N) is 1. The Bertz CT molecular complexity index is 1410. The van der Waals surface area contributed by atoms with Gasteiger partial charge in [-0.3, -0.25) is 15.2 Å². The highest BCUT2D eigenvalue weighted by Crippen LogP contribution is 2.29. The van der Waals surface area contributed by atoms with Gasteiger partial charge in [0, 0.05) is 30.8 Å². The van der Waals surface area contributed by atoms with Crippen molar-refractivity contribution in [3.63, 3.8) is 0 Å². The predicted molar refractivity (Wildman–Crippen MR) is 138 cm³/mol. The second-order valence-corrected chi connectivity index (χ2v) is 7.83. The van der Waals surface area contributed by atoms with E-state index in [1.54, 1.807) is 36.7 Å². The number of H-pyrrole nitrogens is 1. The van der Waals surface area contributed by atoms with Crippen LogP contribution >= 0.6 is 0 Å². The van der Waals surface area contributed by atoms with Crippen LogP contribution in [0.15, 0.2) is 84.4 Å². The van der Waals surface area contributed by atoms with Crippen molar-refractivity contribution in [2.75, 3.05) is 6.61 Å². The quantitative estimate of drug-likeness (QED) is 0.154. The lowest BCUT2D eigenvalue weighted by atomic mass is 9.91. The topological polar surface area (TPSA) is 173 Å². The lowest BCUT2D eigenvalue weighted by molar-refractivity contribution is -0.134. The van der Waals surface area contributed by atoms with Crippen LogP contribution in [0.1, 0.15) is 35.4 Å². The van der Waals surface area contributed by atoms with Crippen LogP contribution in [-0.2, 0) is 11.2 Å². The zero-order valence-electron chi connectivity index (χ0n) is 20.2. The van der Waals surface area contributed by atoms with Crippen molar-refractivity contribution < 1.29 is 14.6 Å². The number of hydrogen-bond acceptors (Lipinski definition) is 7. The average molecular weight is 502 g/mol. The largest absolute Gasteiger partial charge is 0.490 e. The van der Waals surface area contributed by atoms with Crippen LogP contribution in [-0.4, -0.2) is 48.3 Å². The maximum absolute atomic E-state index is 12.6. The number of aromatic amines is 1. The lowest BCUT2D eigenvalue weighted by Crippen LogP contribution is -2.18. The van der Waals surface area contributed by atoms with Crippen LogP contribution in [0.4, 0.5) is 0 Å². The Morgan fingerprint density at radius 1 is 1.22 bits per heavy atom. The Balaban J connectivity index is 0.000000886. The average Bonchev–Trinajstić information content (AvgIpc) is 3.27. The predicted octanol–water partition coefficient (Wildman–Crippen LogP) is 2.66. The van der Waals surface area contributed by atoms with Gasteiger partial charge in [-0.25, -0.2) is 14.8 Å². The molecule has 1 atom stereocenters. The molecule has 0 aliphatic rings. The first kappa shape index (κ1) is 26.5. The van der Waals surface area contributed by atoms with Gasteiger partial charge in [-0.1, -0.05) is 49.1 Å². The molecule has 0 radical (unpaired) electrons. The number of ether oxygens (including phenoxy) is 1. The Kier molecular flexibility index (Phi) is 9.03. The zero-order chi connectivity index (χ0) is 26.8. The number of nitrogens with one attached hydrogen (secondary N) is 2. The van der Waals surface area contributed by atoms with Crippen molar-refractivity contribution >= 4 is 11.8 Å². The highest BCUT2D eigenvalue weighted by Gasteiger charge is 2.22. The fourth-order valence-corrected chi connectivity index (χ4v) is 3.44. The molecule has 0 saturated heterocycles. The molecule has 2 heterocycles. The minimum atomic E-state index is -0.833. The van der Waals surface area contributed by atoms with Gasteiger partial charge in [-0.15, -0.1) is 9.78 Å². The van der Waals surface area contributed by atoms with E-state index in [4.69, 9.17) is 25.8 Å². The van der Waals surface area contributed by atoms with Crippen molar-refractivity contribution in [1.29, 1.82) is 5.41 Å². The Morgan fingerprint density at radius 2 is 1.89 bits per heavy atom. The molecule has 2 aromatic heterocycles. The minimum absolute atomic E-state index is 0.0103. The molecule has 0 spiro atoms. The number of carboxylic acid groups (broad SMARTS) is 1. The van der Waals surface area contributed by atoms with Crippen molar-refractivity contribution in [2.45, 2.75) is 19.3 Å². The van der Waals surface area contributed by atoms with Gasteiger partial charge in [0.05, 0.1) is 0 Å². The molecule has 11 nitrogen and oxygen atoms in total. The number of aliphatic carboxylic acids is 1. The number of amidine groups is 1. The van der Waals surface area contributed by atoms with Crippen LogP contribution in [0.2, 0.25) is 0 Å². The zero-order valence-corrected chi connectivity index (χ0v) is 20.2. The molecule has 0 fully saturated rings. The molecular formula is C26H27N7O4. The molecular weight excluding hydrogens is 474 g/mol. The van der Waals surface area contributed by atoms with Gasteiger partial charge in [-0.2, -0.15) is 0 Å². The van der Waals surface area contributed by atoms with Gasteiger partial charge >= 0.3 is 5.69 Å². The Hall–Kier alpha value is -5.06. The highest BCUT2D eigenvalue weighted by atomic mass is 16.5. The summed E-state index contributed by atoms with van der Waals surface area (Å²) in [5, 5.41) is 19.5. The summed E-state index contributed by atoms with van der Waals surface area (Å²) in [7, 11) is 0. The minimum Gasteiger partial charge on any atom is -0.490 e. The van der Waals surface area contributed by atoms with Crippen LogP contribution < -0.4 is 16.2 Å². The number of nitrogen functional groups attached to an aromatic ring is 1. The number of carbonyl (C=O) groups is 1. The molecule has 0 bridgehead atoms. The number of hydrogen-bond donors (Lipinski definition) is 4. The summed E-state index contributed by atoms with van der Waals surface area (Å²) in [5.41, 5.74) is 7.71. The Morgan fingerprint density at radius 3 is 2.51 bits per heavy atom. The van der Waals surface area contributed by atoms with Crippen LogP contribution in [0.5, 0.6) is 5.75 Å². The summed E-state index contributed by atoms with van der Waals surface area (Å²) in [6, 6.07) is 16.8. The maximum atomic E-state index is 12.6. The first-order chi connectivity index (χ1) is 17.8. The summed E-state index contributed by atoms with van der Waals surface area (Å²) in [6.45, 7) is 5.15. The second kappa shape index (κ2) is 12.6. The summed E-state index contributed by atoms with van der Waals surface area (Å²) in [5.74, 6) is 0.258. The van der Waals surface area contributed by atoms with Gasteiger partial charge in [0.1, 0.15) is 24.0 Å². The maximum Gasteiger partial charge on any atom is 0.350 e. The normalized spacial score (nSPS) is 11.1. The van der Waals surface area contributed by atoms with E-state index in [1.165, 1.54) is 0 Å². The summed E-state index contributed by atoms with van der Waals surface area (Å²) in [4.78, 5) is 32.8. The van der Waals surface area contributed by atoms with Crippen molar-refractivity contribution in [3.05, 3.63) is 113 Å². The molecule has 2 aromatic carbocycles. The smallest absolute Gasteiger partial charge is 0.350 e. The van der Waals surface area contributed by atoms with Crippen molar-refractivity contribution in [2.24, 2.45) is 5.73 Å². The summed E-state index contributed by atoms with van der Waals surface area (Å²) in [6.07, 6.45) is 5.33. The standard InChI is InChI=1S/C24H23N7O2.C2H4O2/c1-2-13-33-19-6-3-5-18(15-19)20(14-16-7-9-17(10-8-16)21(25)26)22-29-24(32)31(30-22)23-27-11-4-12-28-23;1-2(3)4/h2-12,15,20H,1,13-14H2,(H3,25,26)(H,29,30,32);1H3,(H,3,4). The Labute approximate surface area is 212 Å². The third kappa shape index (κ3) is 7.46. The number of aromatic nitrogens is 5.